The van der Waals surface area contributed by atoms with Gasteiger partial charge in [-0.05, 0) is 0 Å². The maximum atomic E-state index is 11.0. The van der Waals surface area contributed by atoms with E-state index in [-0.39, 0.29) is 14.5 Å². The standard InChI is InChI=1S/C12H9NO2Se/c1-13-9(12(14)15)6-8-7-4-2-3-5-10(7)16-11(8)13/h2-6H,1H3,(H,14,15). The van der Waals surface area contributed by atoms with Crippen LogP contribution in [-0.4, -0.2) is 30.1 Å². The number of carboxylic acid groups (broad SMARTS) is 1. The van der Waals surface area contributed by atoms with Gasteiger partial charge < -0.3 is 0 Å². The fourth-order valence-electron chi connectivity index (χ4n) is 1.99. The summed E-state index contributed by atoms with van der Waals surface area (Å²) in [6.07, 6.45) is 0. The van der Waals surface area contributed by atoms with Gasteiger partial charge in [-0.15, -0.1) is 0 Å². The van der Waals surface area contributed by atoms with Gasteiger partial charge in [0, 0.05) is 0 Å². The number of benzene rings is 1. The van der Waals surface area contributed by atoms with Crippen molar-refractivity contribution in [2.75, 3.05) is 0 Å². The van der Waals surface area contributed by atoms with E-state index in [2.05, 4.69) is 12.1 Å². The molecule has 0 radical (unpaired) electrons. The van der Waals surface area contributed by atoms with Crippen LogP contribution in [0.15, 0.2) is 30.3 Å². The molecule has 0 unspecified atom stereocenters. The van der Waals surface area contributed by atoms with E-state index in [4.69, 9.17) is 5.11 Å². The summed E-state index contributed by atoms with van der Waals surface area (Å²) in [4.78, 5) is 11.0. The number of rotatable bonds is 1. The van der Waals surface area contributed by atoms with Crippen molar-refractivity contribution in [3.8, 4) is 0 Å². The number of fused-ring (bicyclic) bond motifs is 3. The zero-order valence-corrected chi connectivity index (χ0v) is 10.3. The molecule has 0 saturated heterocycles. The predicted molar refractivity (Wildman–Crippen MR) is 64.3 cm³/mol. The number of carbonyl (C=O) groups is 1. The van der Waals surface area contributed by atoms with Crippen molar-refractivity contribution in [2.24, 2.45) is 7.05 Å². The van der Waals surface area contributed by atoms with Crippen LogP contribution in [-0.2, 0) is 7.05 Å². The van der Waals surface area contributed by atoms with E-state index in [9.17, 15) is 4.79 Å². The van der Waals surface area contributed by atoms with Crippen LogP contribution in [0.25, 0.3) is 19.4 Å². The van der Waals surface area contributed by atoms with Crippen LogP contribution in [0, 0.1) is 0 Å². The third-order valence-electron chi connectivity index (χ3n) is 2.78. The monoisotopic (exact) mass is 279 g/mol. The van der Waals surface area contributed by atoms with Gasteiger partial charge in [0.1, 0.15) is 0 Å². The Hall–Kier alpha value is -1.51. The first-order chi connectivity index (χ1) is 7.68. The number of aromatic nitrogens is 1. The van der Waals surface area contributed by atoms with Crippen LogP contribution < -0.4 is 0 Å². The van der Waals surface area contributed by atoms with Gasteiger partial charge >= 0.3 is 97.4 Å². The summed E-state index contributed by atoms with van der Waals surface area (Å²) in [5.41, 5.74) is 0.376. The number of aryl methyl sites for hydroxylation is 1. The third-order valence-corrected chi connectivity index (χ3v) is 5.43. The molecule has 4 heteroatoms. The summed E-state index contributed by atoms with van der Waals surface area (Å²) >= 11 is 0.231. The van der Waals surface area contributed by atoms with E-state index in [1.165, 1.54) is 9.65 Å². The molecule has 1 N–H and O–H groups in total. The first-order valence-corrected chi connectivity index (χ1v) is 6.60. The summed E-state index contributed by atoms with van der Waals surface area (Å²) in [5.74, 6) is -0.856. The minimum absolute atomic E-state index is 0.231. The third kappa shape index (κ3) is 1.17. The van der Waals surface area contributed by atoms with Crippen molar-refractivity contribution >= 4 is 39.9 Å². The molecule has 80 valence electrons. The zero-order chi connectivity index (χ0) is 11.3. The molecule has 0 spiro atoms. The quantitative estimate of drug-likeness (QED) is 0.692. The molecular formula is C12H9NO2Se. The average Bonchev–Trinajstić information content (AvgIpc) is 2.76. The van der Waals surface area contributed by atoms with Gasteiger partial charge in [-0.2, -0.15) is 0 Å². The molecule has 0 saturated carbocycles. The van der Waals surface area contributed by atoms with Gasteiger partial charge in [0.2, 0.25) is 0 Å². The number of hydrogen-bond acceptors (Lipinski definition) is 1. The molecule has 0 fully saturated rings. The van der Waals surface area contributed by atoms with Crippen molar-refractivity contribution < 1.29 is 9.90 Å². The average molecular weight is 278 g/mol. The second-order valence-corrected chi connectivity index (χ2v) is 5.87. The Morgan fingerprint density at radius 2 is 2.06 bits per heavy atom. The Morgan fingerprint density at radius 1 is 1.31 bits per heavy atom. The molecule has 0 aliphatic carbocycles. The Balaban J connectivity index is 2.48. The zero-order valence-electron chi connectivity index (χ0n) is 8.60. The van der Waals surface area contributed by atoms with Crippen molar-refractivity contribution in [2.45, 2.75) is 0 Å². The molecular weight excluding hydrogens is 269 g/mol. The van der Waals surface area contributed by atoms with Gasteiger partial charge in [-0.3, -0.25) is 0 Å². The van der Waals surface area contributed by atoms with E-state index < -0.39 is 5.97 Å². The van der Waals surface area contributed by atoms with Crippen LogP contribution in [0.4, 0.5) is 0 Å². The van der Waals surface area contributed by atoms with E-state index >= 15 is 0 Å². The number of aromatic carboxylic acids is 1. The van der Waals surface area contributed by atoms with E-state index in [1.54, 1.807) is 10.6 Å². The summed E-state index contributed by atoms with van der Waals surface area (Å²) in [5, 5.41) is 11.3. The second kappa shape index (κ2) is 3.24. The van der Waals surface area contributed by atoms with Crippen molar-refractivity contribution in [3.63, 3.8) is 0 Å². The number of nitrogens with zero attached hydrogens (tertiary/aromatic N) is 1. The molecule has 3 rings (SSSR count). The summed E-state index contributed by atoms with van der Waals surface area (Å²) in [7, 11) is 1.83. The molecule has 2 aromatic heterocycles. The molecule has 3 nitrogen and oxygen atoms in total. The fourth-order valence-corrected chi connectivity index (χ4v) is 4.42. The molecule has 2 heterocycles. The first-order valence-electron chi connectivity index (χ1n) is 4.89. The van der Waals surface area contributed by atoms with E-state index in [0.29, 0.717) is 5.69 Å². The number of carboxylic acids is 1. The molecule has 0 aliphatic heterocycles. The Bertz CT molecular complexity index is 708. The minimum atomic E-state index is -0.856. The molecule has 0 amide bonds. The second-order valence-electron chi connectivity index (χ2n) is 3.71. The van der Waals surface area contributed by atoms with Crippen LogP contribution >= 0.6 is 0 Å². The summed E-state index contributed by atoms with van der Waals surface area (Å²) in [6.45, 7) is 0. The van der Waals surface area contributed by atoms with Gasteiger partial charge in [-0.1, -0.05) is 0 Å². The van der Waals surface area contributed by atoms with Crippen LogP contribution in [0.3, 0.4) is 0 Å². The molecule has 0 aliphatic rings. The normalized spacial score (nSPS) is 11.3. The Kier molecular flexibility index (Phi) is 1.96. The molecule has 0 bridgehead atoms. The van der Waals surface area contributed by atoms with E-state index in [1.807, 2.05) is 19.2 Å². The van der Waals surface area contributed by atoms with Crippen LogP contribution in [0.2, 0.25) is 0 Å². The van der Waals surface area contributed by atoms with E-state index in [0.717, 1.165) is 9.78 Å². The first kappa shape index (κ1) is 9.70. The van der Waals surface area contributed by atoms with Gasteiger partial charge in [0.15, 0.2) is 0 Å². The fraction of sp³-hybridized carbons (Fsp3) is 0.0833. The van der Waals surface area contributed by atoms with Crippen molar-refractivity contribution in [3.05, 3.63) is 36.0 Å². The van der Waals surface area contributed by atoms with Gasteiger partial charge in [0.25, 0.3) is 0 Å². The topological polar surface area (TPSA) is 42.2 Å². The van der Waals surface area contributed by atoms with Crippen molar-refractivity contribution in [1.82, 2.24) is 4.57 Å². The van der Waals surface area contributed by atoms with Crippen LogP contribution in [0.1, 0.15) is 10.5 Å². The summed E-state index contributed by atoms with van der Waals surface area (Å²) in [6, 6.07) is 10.00. The number of hydrogen-bond donors (Lipinski definition) is 1. The van der Waals surface area contributed by atoms with Crippen molar-refractivity contribution in [1.29, 1.82) is 0 Å². The van der Waals surface area contributed by atoms with Gasteiger partial charge in [-0.25, -0.2) is 0 Å². The maximum absolute atomic E-state index is 11.0. The molecule has 1 aromatic carbocycles. The summed E-state index contributed by atoms with van der Waals surface area (Å²) < 4.78 is 4.30. The SMILES string of the molecule is Cn1c(C(=O)O)cc2c3ccccc3[se]c21. The van der Waals surface area contributed by atoms with Crippen LogP contribution in [0.5, 0.6) is 0 Å². The Morgan fingerprint density at radius 3 is 2.81 bits per heavy atom. The van der Waals surface area contributed by atoms with Gasteiger partial charge in [0.05, 0.1) is 0 Å². The predicted octanol–water partition coefficient (Wildman–Crippen LogP) is 2.09. The molecule has 3 aromatic rings. The molecule has 16 heavy (non-hydrogen) atoms. The molecule has 0 atom stereocenters. The Labute approximate surface area is 97.7 Å².